The lowest BCUT2D eigenvalue weighted by molar-refractivity contribution is 0.0428. The molecule has 1 fully saturated rings. The second kappa shape index (κ2) is 11.6. The highest BCUT2D eigenvalue weighted by molar-refractivity contribution is 5.98. The molecule has 2 amide bonds. The van der Waals surface area contributed by atoms with Crippen molar-refractivity contribution < 1.29 is 19.4 Å². The first kappa shape index (κ1) is 24.4. The fraction of sp³-hybridized carbons (Fsp3) is 0.481. The number of benzene rings is 2. The van der Waals surface area contributed by atoms with Gasteiger partial charge in [0, 0.05) is 43.9 Å². The molecule has 0 bridgehead atoms. The molecule has 1 saturated heterocycles. The van der Waals surface area contributed by atoms with Crippen LogP contribution in [0, 0.1) is 0 Å². The molecule has 0 saturated carbocycles. The monoisotopic (exact) mass is 465 g/mol. The van der Waals surface area contributed by atoms with E-state index in [9.17, 15) is 14.7 Å². The summed E-state index contributed by atoms with van der Waals surface area (Å²) < 4.78 is 5.28. The van der Waals surface area contributed by atoms with Gasteiger partial charge in [0.2, 0.25) is 0 Å². The number of hydrogen-bond acceptors (Lipinski definition) is 5. The van der Waals surface area contributed by atoms with Crippen molar-refractivity contribution in [3.8, 4) is 0 Å². The van der Waals surface area contributed by atoms with Gasteiger partial charge in [0.25, 0.3) is 11.8 Å². The number of nitrogens with zero attached hydrogens (tertiary/aromatic N) is 1. The van der Waals surface area contributed by atoms with Crippen molar-refractivity contribution in [2.75, 3.05) is 33.4 Å². The van der Waals surface area contributed by atoms with E-state index in [1.165, 1.54) is 11.1 Å². The van der Waals surface area contributed by atoms with Crippen LogP contribution in [0.5, 0.6) is 0 Å². The van der Waals surface area contributed by atoms with E-state index in [-0.39, 0.29) is 24.4 Å². The number of carbonyl (C=O) groups is 2. The first-order valence-electron chi connectivity index (χ1n) is 12.2. The maximum absolute atomic E-state index is 13.0. The first-order valence-corrected chi connectivity index (χ1v) is 12.2. The molecule has 3 N–H and O–H groups in total. The number of ether oxygens (including phenoxy) is 1. The highest BCUT2D eigenvalue weighted by Gasteiger charge is 2.27. The Labute approximate surface area is 201 Å². The van der Waals surface area contributed by atoms with Crippen molar-refractivity contribution in [1.29, 1.82) is 0 Å². The Morgan fingerprint density at radius 3 is 2.38 bits per heavy atom. The van der Waals surface area contributed by atoms with E-state index in [1.54, 1.807) is 31.4 Å². The van der Waals surface area contributed by atoms with Crippen molar-refractivity contribution in [2.45, 2.75) is 50.3 Å². The third kappa shape index (κ3) is 6.03. The van der Waals surface area contributed by atoms with Gasteiger partial charge in [-0.15, -0.1) is 0 Å². The molecule has 1 unspecified atom stereocenters. The fourth-order valence-corrected chi connectivity index (χ4v) is 4.95. The summed E-state index contributed by atoms with van der Waals surface area (Å²) in [5, 5.41) is 16.5. The number of piperidine rings is 1. The summed E-state index contributed by atoms with van der Waals surface area (Å²) in [6.45, 7) is 1.86. The van der Waals surface area contributed by atoms with Gasteiger partial charge in [-0.05, 0) is 67.5 Å². The predicted octanol–water partition coefficient (Wildman–Crippen LogP) is 2.18. The van der Waals surface area contributed by atoms with Crippen LogP contribution < -0.4 is 10.6 Å². The fourth-order valence-electron chi connectivity index (χ4n) is 4.95. The van der Waals surface area contributed by atoms with Crippen molar-refractivity contribution >= 4 is 11.8 Å². The Hall–Kier alpha value is -2.74. The number of nitrogens with one attached hydrogen (secondary N) is 2. The number of carbonyl (C=O) groups excluding carboxylic acids is 2. The molecule has 4 rings (SSSR count). The molecule has 0 spiro atoms. The summed E-state index contributed by atoms with van der Waals surface area (Å²) in [5.41, 5.74) is 3.76. The quantitative estimate of drug-likeness (QED) is 0.528. The minimum absolute atomic E-state index is 0.0238. The molecule has 2 aliphatic rings. The Balaban J connectivity index is 1.22. The number of fused-ring (bicyclic) bond motifs is 1. The zero-order chi connectivity index (χ0) is 23.9. The smallest absolute Gasteiger partial charge is 0.254 e. The lowest BCUT2D eigenvalue weighted by Gasteiger charge is -2.35. The van der Waals surface area contributed by atoms with Crippen LogP contribution in [-0.2, 0) is 17.6 Å². The summed E-state index contributed by atoms with van der Waals surface area (Å²) in [6, 6.07) is 15.6. The number of likely N-dealkylation sites (tertiary alicyclic amines) is 1. The van der Waals surface area contributed by atoms with E-state index in [4.69, 9.17) is 4.74 Å². The maximum atomic E-state index is 13.0. The largest absolute Gasteiger partial charge is 0.390 e. The molecule has 2 aromatic carbocycles. The van der Waals surface area contributed by atoms with Gasteiger partial charge in [-0.3, -0.25) is 9.59 Å². The number of aliphatic hydroxyl groups excluding tert-OH is 1. The van der Waals surface area contributed by atoms with E-state index in [0.717, 1.165) is 38.6 Å². The number of aliphatic hydroxyl groups is 1. The van der Waals surface area contributed by atoms with Gasteiger partial charge in [0.05, 0.1) is 18.8 Å². The van der Waals surface area contributed by atoms with Crippen molar-refractivity contribution in [3.05, 3.63) is 70.8 Å². The van der Waals surface area contributed by atoms with Gasteiger partial charge < -0.3 is 25.4 Å². The van der Waals surface area contributed by atoms with Crippen LogP contribution in [0.3, 0.4) is 0 Å². The van der Waals surface area contributed by atoms with Crippen LogP contribution in [0.4, 0.5) is 0 Å². The molecule has 1 aliphatic carbocycles. The minimum atomic E-state index is -0.676. The van der Waals surface area contributed by atoms with Gasteiger partial charge >= 0.3 is 0 Å². The van der Waals surface area contributed by atoms with Crippen LogP contribution >= 0.6 is 0 Å². The topological polar surface area (TPSA) is 90.9 Å². The molecule has 1 heterocycles. The lowest BCUT2D eigenvalue weighted by atomic mass is 10.0. The lowest BCUT2D eigenvalue weighted by Crippen LogP contribution is -2.46. The molecule has 7 heteroatoms. The van der Waals surface area contributed by atoms with E-state index in [2.05, 4.69) is 34.9 Å². The molecule has 34 heavy (non-hydrogen) atoms. The highest BCUT2D eigenvalue weighted by Crippen LogP contribution is 2.22. The van der Waals surface area contributed by atoms with E-state index in [0.29, 0.717) is 30.3 Å². The molecule has 182 valence electrons. The summed E-state index contributed by atoms with van der Waals surface area (Å²) >= 11 is 0. The first-order chi connectivity index (χ1) is 16.5. The molecular weight excluding hydrogens is 430 g/mol. The molecule has 0 radical (unpaired) electrons. The van der Waals surface area contributed by atoms with E-state index in [1.807, 2.05) is 4.90 Å². The second-order valence-corrected chi connectivity index (χ2v) is 9.33. The molecule has 7 nitrogen and oxygen atoms in total. The van der Waals surface area contributed by atoms with Gasteiger partial charge in [-0.2, -0.15) is 0 Å². The summed E-state index contributed by atoms with van der Waals surface area (Å²) in [6.07, 6.45) is 4.30. The maximum Gasteiger partial charge on any atom is 0.254 e. The summed E-state index contributed by atoms with van der Waals surface area (Å²) in [7, 11) is 1.66. The van der Waals surface area contributed by atoms with Crippen LogP contribution in [0.15, 0.2) is 48.5 Å². The normalized spacial score (nSPS) is 19.0. The van der Waals surface area contributed by atoms with Crippen molar-refractivity contribution in [2.24, 2.45) is 0 Å². The van der Waals surface area contributed by atoms with Gasteiger partial charge in [0.1, 0.15) is 0 Å². The van der Waals surface area contributed by atoms with Crippen LogP contribution in [0.1, 0.15) is 51.1 Å². The Morgan fingerprint density at radius 1 is 1.03 bits per heavy atom. The van der Waals surface area contributed by atoms with Crippen LogP contribution in [-0.4, -0.2) is 73.4 Å². The molecule has 2 aromatic rings. The Morgan fingerprint density at radius 2 is 1.71 bits per heavy atom. The molecule has 1 aliphatic heterocycles. The molecule has 0 aromatic heterocycles. The van der Waals surface area contributed by atoms with Gasteiger partial charge in [0.15, 0.2) is 0 Å². The van der Waals surface area contributed by atoms with E-state index < -0.39 is 6.10 Å². The van der Waals surface area contributed by atoms with E-state index >= 15 is 0 Å². The van der Waals surface area contributed by atoms with Gasteiger partial charge in [-0.25, -0.2) is 0 Å². The minimum Gasteiger partial charge on any atom is -0.390 e. The zero-order valence-electron chi connectivity index (χ0n) is 19.8. The number of hydrogen-bond donors (Lipinski definition) is 3. The number of amides is 2. The standard InChI is InChI=1S/C27H35N3O4/c1-34-18-24-8-4-5-13-30(24)27(33)20-11-9-19(10-12-20)26(32)29-17-25(31)16-28-23-14-21-6-2-3-7-22(21)15-23/h2-3,6-7,9-12,23-25,28,31H,4-5,8,13-18H2,1H3,(H,29,32)/t24?,25-/m0/s1. The Bertz CT molecular complexity index is 951. The molecule has 2 atom stereocenters. The van der Waals surface area contributed by atoms with Crippen molar-refractivity contribution in [1.82, 2.24) is 15.5 Å². The van der Waals surface area contributed by atoms with Gasteiger partial charge in [-0.1, -0.05) is 24.3 Å². The average Bonchev–Trinajstić information content (AvgIpc) is 3.29. The number of rotatable bonds is 9. The third-order valence-corrected chi connectivity index (χ3v) is 6.83. The summed E-state index contributed by atoms with van der Waals surface area (Å²) in [5.74, 6) is -0.286. The Kier molecular flexibility index (Phi) is 8.32. The summed E-state index contributed by atoms with van der Waals surface area (Å²) in [4.78, 5) is 27.4. The zero-order valence-corrected chi connectivity index (χ0v) is 19.8. The number of methoxy groups -OCH3 is 1. The van der Waals surface area contributed by atoms with Crippen LogP contribution in [0.2, 0.25) is 0 Å². The highest BCUT2D eigenvalue weighted by atomic mass is 16.5. The van der Waals surface area contributed by atoms with Crippen LogP contribution in [0.25, 0.3) is 0 Å². The second-order valence-electron chi connectivity index (χ2n) is 9.33. The van der Waals surface area contributed by atoms with Crippen molar-refractivity contribution in [3.63, 3.8) is 0 Å². The third-order valence-electron chi connectivity index (χ3n) is 6.83. The predicted molar refractivity (Wildman–Crippen MR) is 131 cm³/mol. The molecular formula is C27H35N3O4. The SMILES string of the molecule is COCC1CCCCN1C(=O)c1ccc(C(=O)NC[C@@H](O)CNC2Cc3ccccc3C2)cc1. The average molecular weight is 466 g/mol.